The van der Waals surface area contributed by atoms with E-state index in [1.54, 1.807) is 0 Å². The summed E-state index contributed by atoms with van der Waals surface area (Å²) in [4.78, 5) is 0. The van der Waals surface area contributed by atoms with Crippen LogP contribution in [-0.2, 0) is 5.11 Å². The topological polar surface area (TPSA) is 19.9 Å². The van der Waals surface area contributed by atoms with Gasteiger partial charge in [0, 0.05) is 12.8 Å². The fraction of sp³-hybridized carbons (Fsp3) is 0.833. The highest BCUT2D eigenvalue weighted by Gasteiger charge is 2.26. The van der Waals surface area contributed by atoms with Gasteiger partial charge in [-0.1, -0.05) is 0 Å². The Labute approximate surface area is 50.3 Å². The Morgan fingerprint density at radius 1 is 1.75 bits per heavy atom. The van der Waals surface area contributed by atoms with Gasteiger partial charge in [-0.3, -0.25) is 4.48 Å². The summed E-state index contributed by atoms with van der Waals surface area (Å²) < 4.78 is 0.639. The maximum absolute atomic E-state index is 10.4. The number of hydrogen-bond acceptors (Lipinski definition) is 0. The summed E-state index contributed by atoms with van der Waals surface area (Å²) >= 11 is 0. The molecule has 0 aromatic heterocycles. The molecule has 1 fully saturated rings. The number of rotatable bonds is 1. The van der Waals surface area contributed by atoms with E-state index in [-0.39, 0.29) is 6.73 Å². The monoisotopic (exact) mass is 114 g/mol. The van der Waals surface area contributed by atoms with Crippen molar-refractivity contribution < 1.29 is 9.59 Å². The Balaban J connectivity index is 2.40. The summed E-state index contributed by atoms with van der Waals surface area (Å²) in [5, 5.41) is 10.4. The van der Waals surface area contributed by atoms with Gasteiger partial charge in [-0.05, 0) is 0 Å². The van der Waals surface area contributed by atoms with E-state index in [4.69, 9.17) is 0 Å². The fourth-order valence-corrected chi connectivity index (χ4v) is 1.06. The third-order valence-corrected chi connectivity index (χ3v) is 1.74. The lowest BCUT2D eigenvalue weighted by Gasteiger charge is -2.23. The van der Waals surface area contributed by atoms with Crippen molar-refractivity contribution in [3.8, 4) is 0 Å². The average Bonchev–Trinajstić information content (AvgIpc) is 2.17. The first-order valence-corrected chi connectivity index (χ1v) is 3.03. The zero-order chi connectivity index (χ0) is 6.04. The van der Waals surface area contributed by atoms with E-state index in [0.29, 0.717) is 4.48 Å². The Morgan fingerprint density at radius 3 is 2.75 bits per heavy atom. The van der Waals surface area contributed by atoms with E-state index in [1.807, 2.05) is 7.05 Å². The van der Waals surface area contributed by atoms with Crippen LogP contribution in [0.4, 0.5) is 0 Å². The summed E-state index contributed by atoms with van der Waals surface area (Å²) in [7, 11) is 1.99. The fourth-order valence-electron chi connectivity index (χ4n) is 1.06. The van der Waals surface area contributed by atoms with Gasteiger partial charge in [0.25, 0.3) is 0 Å². The van der Waals surface area contributed by atoms with Crippen molar-refractivity contribution in [3.05, 3.63) is 6.54 Å². The van der Waals surface area contributed by atoms with Crippen LogP contribution < -0.4 is 0 Å². The first kappa shape index (κ1) is 6.05. The van der Waals surface area contributed by atoms with Gasteiger partial charge in [-0.2, -0.15) is 5.11 Å². The van der Waals surface area contributed by atoms with E-state index in [0.717, 1.165) is 13.0 Å². The van der Waals surface area contributed by atoms with Gasteiger partial charge in [0.05, 0.1) is 13.6 Å². The third-order valence-electron chi connectivity index (χ3n) is 1.74. The zero-order valence-corrected chi connectivity index (χ0v) is 5.26. The molecule has 0 amide bonds. The summed E-state index contributed by atoms with van der Waals surface area (Å²) in [6.45, 7) is 3.16. The van der Waals surface area contributed by atoms with Crippen LogP contribution in [0.3, 0.4) is 0 Å². The predicted molar refractivity (Wildman–Crippen MR) is 30.1 cm³/mol. The second-order valence-corrected chi connectivity index (χ2v) is 2.66. The molecular weight excluding hydrogens is 102 g/mol. The summed E-state index contributed by atoms with van der Waals surface area (Å²) in [6.07, 6.45) is 2.32. The van der Waals surface area contributed by atoms with Crippen molar-refractivity contribution in [2.75, 3.05) is 20.3 Å². The van der Waals surface area contributed by atoms with Crippen molar-refractivity contribution in [2.24, 2.45) is 0 Å². The second-order valence-electron chi connectivity index (χ2n) is 2.66. The summed E-state index contributed by atoms with van der Waals surface area (Å²) in [5.41, 5.74) is 0. The highest BCUT2D eigenvalue weighted by molar-refractivity contribution is 4.60. The SMILES string of the molecule is C[N+]1(C[O])[CH]CCC1. The summed E-state index contributed by atoms with van der Waals surface area (Å²) in [6, 6.07) is 0. The van der Waals surface area contributed by atoms with Crippen molar-refractivity contribution in [3.63, 3.8) is 0 Å². The molecule has 2 radical (unpaired) electrons. The molecule has 0 saturated carbocycles. The van der Waals surface area contributed by atoms with Gasteiger partial charge in [0.15, 0.2) is 0 Å². The van der Waals surface area contributed by atoms with Gasteiger partial charge < -0.3 is 0 Å². The minimum Gasteiger partial charge on any atom is -0.294 e. The molecular formula is C6H12NO+. The van der Waals surface area contributed by atoms with Crippen molar-refractivity contribution >= 4 is 0 Å². The summed E-state index contributed by atoms with van der Waals surface area (Å²) in [5.74, 6) is 0. The van der Waals surface area contributed by atoms with E-state index >= 15 is 0 Å². The molecule has 0 aliphatic carbocycles. The molecule has 1 unspecified atom stereocenters. The lowest BCUT2D eigenvalue weighted by atomic mass is 10.4. The smallest absolute Gasteiger partial charge is 0.214 e. The predicted octanol–water partition coefficient (Wildman–Crippen LogP) is 0.777. The third kappa shape index (κ3) is 1.01. The normalized spacial score (nSPS) is 26.2. The van der Waals surface area contributed by atoms with Gasteiger partial charge in [0.1, 0.15) is 6.54 Å². The van der Waals surface area contributed by atoms with Gasteiger partial charge in [-0.25, -0.2) is 0 Å². The standard InChI is InChI=1S/C6H12NO/c1-7(6-8)4-2-3-5-7/h4H,2-3,5-6H2,1H3/q+1. The van der Waals surface area contributed by atoms with Gasteiger partial charge in [0.2, 0.25) is 6.73 Å². The van der Waals surface area contributed by atoms with Crippen LogP contribution in [0.25, 0.3) is 0 Å². The molecule has 1 aliphatic rings. The largest absolute Gasteiger partial charge is 0.294 e. The minimum absolute atomic E-state index is 0.0139. The van der Waals surface area contributed by atoms with E-state index < -0.39 is 0 Å². The minimum atomic E-state index is 0.0139. The highest BCUT2D eigenvalue weighted by atomic mass is 16.3. The van der Waals surface area contributed by atoms with E-state index in [9.17, 15) is 5.11 Å². The van der Waals surface area contributed by atoms with Crippen LogP contribution in [0.2, 0.25) is 0 Å². The average molecular weight is 114 g/mol. The van der Waals surface area contributed by atoms with Gasteiger partial charge >= 0.3 is 0 Å². The molecule has 1 aliphatic heterocycles. The quantitative estimate of drug-likeness (QED) is 0.449. The van der Waals surface area contributed by atoms with Crippen molar-refractivity contribution in [1.82, 2.24) is 0 Å². The molecule has 1 saturated heterocycles. The van der Waals surface area contributed by atoms with Crippen LogP contribution in [-0.4, -0.2) is 24.8 Å². The highest BCUT2D eigenvalue weighted by Crippen LogP contribution is 2.18. The van der Waals surface area contributed by atoms with Crippen LogP contribution in [0.15, 0.2) is 0 Å². The van der Waals surface area contributed by atoms with E-state index in [2.05, 4.69) is 6.54 Å². The molecule has 46 valence electrons. The molecule has 1 rings (SSSR count). The molecule has 0 aromatic rings. The molecule has 2 nitrogen and oxygen atoms in total. The van der Waals surface area contributed by atoms with Crippen LogP contribution in [0, 0.1) is 6.54 Å². The maximum atomic E-state index is 10.4. The van der Waals surface area contributed by atoms with Crippen LogP contribution in [0.1, 0.15) is 12.8 Å². The Kier molecular flexibility index (Phi) is 1.54. The molecule has 0 bridgehead atoms. The molecule has 0 spiro atoms. The number of likely N-dealkylation sites (tertiary alicyclic amines) is 1. The molecule has 2 heteroatoms. The number of quaternary nitrogens is 1. The van der Waals surface area contributed by atoms with Crippen LogP contribution >= 0.6 is 0 Å². The number of nitrogens with zero attached hydrogens (tertiary/aromatic N) is 1. The molecule has 0 aromatic carbocycles. The Hall–Kier alpha value is -0.0800. The first-order valence-electron chi connectivity index (χ1n) is 3.03. The van der Waals surface area contributed by atoms with Crippen LogP contribution in [0.5, 0.6) is 0 Å². The first-order chi connectivity index (χ1) is 3.77. The molecule has 8 heavy (non-hydrogen) atoms. The van der Waals surface area contributed by atoms with Crippen molar-refractivity contribution in [2.45, 2.75) is 12.8 Å². The Morgan fingerprint density at radius 2 is 2.50 bits per heavy atom. The zero-order valence-electron chi connectivity index (χ0n) is 5.26. The van der Waals surface area contributed by atoms with Crippen molar-refractivity contribution in [1.29, 1.82) is 0 Å². The molecule has 1 atom stereocenters. The lowest BCUT2D eigenvalue weighted by Crippen LogP contribution is -2.37. The molecule has 0 N–H and O–H groups in total. The van der Waals surface area contributed by atoms with Gasteiger partial charge in [-0.15, -0.1) is 0 Å². The van der Waals surface area contributed by atoms with E-state index in [1.165, 1.54) is 6.42 Å². The Bertz CT molecular complexity index is 76.6. The second kappa shape index (κ2) is 2.03. The number of hydrogen-bond donors (Lipinski definition) is 0. The molecule has 1 heterocycles. The lowest BCUT2D eigenvalue weighted by molar-refractivity contribution is -0.893. The maximum Gasteiger partial charge on any atom is 0.214 e.